The number of nitrogens with zero attached hydrogens (tertiary/aromatic N) is 2. The molecule has 2 aliphatic heterocycles. The van der Waals surface area contributed by atoms with Crippen LogP contribution in [0.4, 0.5) is 0 Å². The molecule has 1 spiro atoms. The average molecular weight is 314 g/mol. The second-order valence-corrected chi connectivity index (χ2v) is 6.59. The highest BCUT2D eigenvalue weighted by Crippen LogP contribution is 2.36. The Morgan fingerprint density at radius 1 is 1.22 bits per heavy atom. The summed E-state index contributed by atoms with van der Waals surface area (Å²) in [5, 5.41) is 0. The van der Waals surface area contributed by atoms with E-state index in [1.807, 2.05) is 36.9 Å². The van der Waals surface area contributed by atoms with E-state index in [4.69, 9.17) is 13.9 Å². The molecule has 2 aliphatic rings. The Balaban J connectivity index is 1.27. The number of ether oxygens (including phenoxy) is 2. The summed E-state index contributed by atoms with van der Waals surface area (Å²) in [6.45, 7) is 4.34. The first-order valence-electron chi connectivity index (χ1n) is 8.19. The van der Waals surface area contributed by atoms with E-state index in [9.17, 15) is 0 Å². The van der Waals surface area contributed by atoms with E-state index >= 15 is 0 Å². The summed E-state index contributed by atoms with van der Waals surface area (Å²) in [6.07, 6.45) is 9.41. The zero-order chi connectivity index (χ0) is 15.5. The van der Waals surface area contributed by atoms with Gasteiger partial charge in [-0.05, 0) is 30.2 Å². The summed E-state index contributed by atoms with van der Waals surface area (Å²) in [6, 6.07) is 6.03. The fourth-order valence-electron chi connectivity index (χ4n) is 3.56. The predicted octanol–water partition coefficient (Wildman–Crippen LogP) is 2.62. The summed E-state index contributed by atoms with van der Waals surface area (Å²) in [5.41, 5.74) is 2.39. The van der Waals surface area contributed by atoms with Gasteiger partial charge in [-0.25, -0.2) is 0 Å². The highest BCUT2D eigenvalue weighted by molar-refractivity contribution is 5.10. The van der Waals surface area contributed by atoms with Gasteiger partial charge in [-0.15, -0.1) is 0 Å². The molecule has 4 heterocycles. The molecule has 122 valence electrons. The molecule has 2 fully saturated rings. The topological polar surface area (TPSA) is 47.7 Å². The van der Waals surface area contributed by atoms with Gasteiger partial charge >= 0.3 is 0 Å². The number of hydrogen-bond acceptors (Lipinski definition) is 5. The second-order valence-electron chi connectivity index (χ2n) is 6.59. The van der Waals surface area contributed by atoms with Gasteiger partial charge in [-0.3, -0.25) is 9.88 Å². The number of aromatic nitrogens is 1. The molecule has 0 aliphatic carbocycles. The van der Waals surface area contributed by atoms with E-state index in [0.717, 1.165) is 39.1 Å². The minimum absolute atomic E-state index is 0.00903. The molecule has 2 aromatic rings. The quantitative estimate of drug-likeness (QED) is 0.849. The van der Waals surface area contributed by atoms with E-state index in [0.29, 0.717) is 6.61 Å². The van der Waals surface area contributed by atoms with Crippen LogP contribution < -0.4 is 0 Å². The summed E-state index contributed by atoms with van der Waals surface area (Å²) in [4.78, 5) is 6.44. The number of rotatable bonds is 5. The van der Waals surface area contributed by atoms with E-state index < -0.39 is 0 Å². The van der Waals surface area contributed by atoms with Crippen molar-refractivity contribution in [3.05, 3.63) is 54.2 Å². The van der Waals surface area contributed by atoms with Crippen molar-refractivity contribution in [2.45, 2.75) is 37.7 Å². The molecule has 4 rings (SSSR count). The molecule has 2 aromatic heterocycles. The minimum atomic E-state index is -0.00903. The molecule has 23 heavy (non-hydrogen) atoms. The zero-order valence-corrected chi connectivity index (χ0v) is 13.2. The van der Waals surface area contributed by atoms with Crippen molar-refractivity contribution in [1.29, 1.82) is 0 Å². The van der Waals surface area contributed by atoms with Gasteiger partial charge in [0.05, 0.1) is 30.8 Å². The number of likely N-dealkylation sites (tertiary alicyclic amines) is 1. The molecular weight excluding hydrogens is 292 g/mol. The Morgan fingerprint density at radius 2 is 2.09 bits per heavy atom. The Kier molecular flexibility index (Phi) is 4.16. The third kappa shape index (κ3) is 3.47. The molecule has 5 nitrogen and oxygen atoms in total. The zero-order valence-electron chi connectivity index (χ0n) is 13.2. The van der Waals surface area contributed by atoms with Crippen molar-refractivity contribution < 1.29 is 13.9 Å². The molecule has 0 bridgehead atoms. The van der Waals surface area contributed by atoms with Crippen molar-refractivity contribution in [2.24, 2.45) is 0 Å². The molecule has 0 aromatic carbocycles. The van der Waals surface area contributed by atoms with Gasteiger partial charge in [0.2, 0.25) is 0 Å². The second kappa shape index (κ2) is 6.43. The molecule has 0 saturated carbocycles. The standard InChI is InChI=1S/C18H22N2O3/c1-5-19-6-2-15(1)12-22-17-4-8-23-18(9-17)13-20(14-18)10-16-3-7-21-11-16/h1-3,5-7,11,17H,4,8-10,12-14H2/t17-/m1/s1. The van der Waals surface area contributed by atoms with Crippen LogP contribution in [-0.2, 0) is 22.6 Å². The van der Waals surface area contributed by atoms with Gasteiger partial charge in [0.1, 0.15) is 0 Å². The monoisotopic (exact) mass is 314 g/mol. The van der Waals surface area contributed by atoms with Gasteiger partial charge in [0, 0.05) is 50.6 Å². The van der Waals surface area contributed by atoms with Crippen molar-refractivity contribution >= 4 is 0 Å². The Bertz CT molecular complexity index is 608. The van der Waals surface area contributed by atoms with Crippen LogP contribution in [0.2, 0.25) is 0 Å². The fraction of sp³-hybridized carbons (Fsp3) is 0.500. The lowest BCUT2D eigenvalue weighted by Crippen LogP contribution is -2.65. The third-order valence-electron chi connectivity index (χ3n) is 4.69. The lowest BCUT2D eigenvalue weighted by molar-refractivity contribution is -0.200. The van der Waals surface area contributed by atoms with Crippen LogP contribution in [0.1, 0.15) is 24.0 Å². The van der Waals surface area contributed by atoms with Crippen LogP contribution >= 0.6 is 0 Å². The molecule has 0 unspecified atom stereocenters. The summed E-state index contributed by atoms with van der Waals surface area (Å²) in [5.74, 6) is 0. The summed E-state index contributed by atoms with van der Waals surface area (Å²) >= 11 is 0. The van der Waals surface area contributed by atoms with Crippen LogP contribution in [0.25, 0.3) is 0 Å². The van der Waals surface area contributed by atoms with Gasteiger partial charge in [-0.2, -0.15) is 0 Å². The molecule has 2 saturated heterocycles. The van der Waals surface area contributed by atoms with Crippen LogP contribution in [0, 0.1) is 0 Å². The van der Waals surface area contributed by atoms with E-state index in [1.165, 1.54) is 11.1 Å². The molecule has 5 heteroatoms. The average Bonchev–Trinajstić information content (AvgIpc) is 3.06. The van der Waals surface area contributed by atoms with Crippen LogP contribution in [0.5, 0.6) is 0 Å². The Labute approximate surface area is 136 Å². The minimum Gasteiger partial charge on any atom is -0.472 e. The Hall–Kier alpha value is -1.69. The van der Waals surface area contributed by atoms with Gasteiger partial charge in [0.25, 0.3) is 0 Å². The van der Waals surface area contributed by atoms with E-state index in [-0.39, 0.29) is 11.7 Å². The van der Waals surface area contributed by atoms with E-state index in [1.54, 1.807) is 6.26 Å². The first-order chi connectivity index (χ1) is 11.3. The first kappa shape index (κ1) is 14.9. The number of pyridine rings is 1. The lowest BCUT2D eigenvalue weighted by Gasteiger charge is -2.53. The maximum Gasteiger partial charge on any atom is 0.0959 e. The van der Waals surface area contributed by atoms with Crippen LogP contribution in [0.3, 0.4) is 0 Å². The summed E-state index contributed by atoms with van der Waals surface area (Å²) in [7, 11) is 0. The SMILES string of the molecule is c1cc(CO[C@@H]2CCOC3(C2)CN(Cc2ccoc2)C3)ccn1. The molecule has 0 N–H and O–H groups in total. The van der Waals surface area contributed by atoms with Gasteiger partial charge in [0.15, 0.2) is 0 Å². The lowest BCUT2D eigenvalue weighted by atomic mass is 9.84. The van der Waals surface area contributed by atoms with Crippen LogP contribution in [0.15, 0.2) is 47.5 Å². The fourth-order valence-corrected chi connectivity index (χ4v) is 3.56. The number of hydrogen-bond donors (Lipinski definition) is 0. The Morgan fingerprint density at radius 3 is 2.87 bits per heavy atom. The van der Waals surface area contributed by atoms with Crippen molar-refractivity contribution in [3.8, 4) is 0 Å². The maximum absolute atomic E-state index is 6.10. The molecular formula is C18H22N2O3. The largest absolute Gasteiger partial charge is 0.472 e. The first-order valence-corrected chi connectivity index (χ1v) is 8.19. The van der Waals surface area contributed by atoms with E-state index in [2.05, 4.69) is 9.88 Å². The van der Waals surface area contributed by atoms with Crippen molar-refractivity contribution in [2.75, 3.05) is 19.7 Å². The summed E-state index contributed by atoms with van der Waals surface area (Å²) < 4.78 is 17.3. The normalized spacial score (nSPS) is 23.7. The highest BCUT2D eigenvalue weighted by Gasteiger charge is 2.47. The van der Waals surface area contributed by atoms with Crippen molar-refractivity contribution in [1.82, 2.24) is 9.88 Å². The highest BCUT2D eigenvalue weighted by atomic mass is 16.5. The third-order valence-corrected chi connectivity index (χ3v) is 4.69. The number of furan rings is 1. The van der Waals surface area contributed by atoms with Gasteiger partial charge < -0.3 is 13.9 Å². The molecule has 0 radical (unpaired) electrons. The van der Waals surface area contributed by atoms with Gasteiger partial charge in [-0.1, -0.05) is 0 Å². The molecule has 1 atom stereocenters. The van der Waals surface area contributed by atoms with Crippen LogP contribution in [-0.4, -0.2) is 41.3 Å². The molecule has 0 amide bonds. The van der Waals surface area contributed by atoms with Crippen molar-refractivity contribution in [3.63, 3.8) is 0 Å². The maximum atomic E-state index is 6.10. The smallest absolute Gasteiger partial charge is 0.0959 e. The predicted molar refractivity (Wildman–Crippen MR) is 84.7 cm³/mol.